The predicted octanol–water partition coefficient (Wildman–Crippen LogP) is 5.75. The van der Waals surface area contributed by atoms with Crippen LogP contribution >= 0.6 is 11.6 Å². The second-order valence-electron chi connectivity index (χ2n) is 6.32. The third kappa shape index (κ3) is 5.76. The molecule has 0 fully saturated rings. The summed E-state index contributed by atoms with van der Waals surface area (Å²) in [5, 5.41) is 3.30. The number of aryl methyl sites for hydroxylation is 1. The van der Waals surface area contributed by atoms with E-state index in [1.807, 2.05) is 43.3 Å². The first-order valence-corrected chi connectivity index (χ1v) is 9.48. The van der Waals surface area contributed by atoms with E-state index < -0.39 is 0 Å². The van der Waals surface area contributed by atoms with E-state index in [1.54, 1.807) is 36.4 Å². The van der Waals surface area contributed by atoms with E-state index in [-0.39, 0.29) is 5.91 Å². The number of ether oxygens (including phenoxy) is 2. The molecule has 0 unspecified atom stereocenters. The molecule has 0 bridgehead atoms. The van der Waals surface area contributed by atoms with E-state index in [1.165, 1.54) is 5.56 Å². The molecule has 0 saturated carbocycles. The van der Waals surface area contributed by atoms with Gasteiger partial charge in [0.1, 0.15) is 11.5 Å². The second-order valence-corrected chi connectivity index (χ2v) is 6.73. The van der Waals surface area contributed by atoms with Crippen LogP contribution in [0.1, 0.15) is 22.3 Å². The normalized spacial score (nSPS) is 10.4. The average Bonchev–Trinajstić information content (AvgIpc) is 2.71. The highest BCUT2D eigenvalue weighted by molar-refractivity contribution is 6.33. The quantitative estimate of drug-likeness (QED) is 0.494. The Hall–Kier alpha value is -2.98. The second kappa shape index (κ2) is 9.81. The molecule has 0 heterocycles. The molecule has 4 nitrogen and oxygen atoms in total. The number of hydrogen-bond donors (Lipinski definition) is 1. The maximum atomic E-state index is 12.3. The van der Waals surface area contributed by atoms with Crippen molar-refractivity contribution in [3.8, 4) is 11.5 Å². The van der Waals surface area contributed by atoms with Crippen LogP contribution in [0, 0.1) is 6.92 Å². The van der Waals surface area contributed by atoms with E-state index >= 15 is 0 Å². The molecule has 3 aromatic rings. The number of hydrogen-bond acceptors (Lipinski definition) is 3. The number of carbonyl (C=O) groups is 1. The number of carbonyl (C=O) groups excluding carboxylic acids is 1. The van der Waals surface area contributed by atoms with Crippen molar-refractivity contribution in [2.75, 3.05) is 18.5 Å². The van der Waals surface area contributed by atoms with Crippen LogP contribution < -0.4 is 14.8 Å². The summed E-state index contributed by atoms with van der Waals surface area (Å²) in [6.07, 6.45) is 0.766. The van der Waals surface area contributed by atoms with Crippen molar-refractivity contribution in [2.24, 2.45) is 0 Å². The van der Waals surface area contributed by atoms with Crippen molar-refractivity contribution < 1.29 is 14.3 Å². The summed E-state index contributed by atoms with van der Waals surface area (Å²) < 4.78 is 11.4. The Balaban J connectivity index is 1.42. The summed E-state index contributed by atoms with van der Waals surface area (Å²) in [6, 6.07) is 22.1. The minimum absolute atomic E-state index is 0.217. The van der Waals surface area contributed by atoms with E-state index in [4.69, 9.17) is 21.1 Å². The zero-order chi connectivity index (χ0) is 19.8. The minimum atomic E-state index is -0.217. The molecular weight excluding hydrogens is 374 g/mol. The molecule has 28 heavy (non-hydrogen) atoms. The molecular formula is C23H22ClNO3. The summed E-state index contributed by atoms with van der Waals surface area (Å²) >= 11 is 6.06. The standard InChI is InChI=1S/C23H22ClNO3/c1-17-7-11-19(12-8-17)27-15-4-16-28-20-13-9-18(10-14-20)23(26)25-22-6-3-2-5-21(22)24/h2-3,5-14H,4,15-16H2,1H3,(H,25,26). The van der Waals surface area contributed by atoms with Crippen LogP contribution in [0.15, 0.2) is 72.8 Å². The number of amides is 1. The molecule has 0 aliphatic rings. The molecule has 144 valence electrons. The number of nitrogens with one attached hydrogen (secondary N) is 1. The maximum absolute atomic E-state index is 12.3. The highest BCUT2D eigenvalue weighted by Gasteiger charge is 2.08. The van der Waals surface area contributed by atoms with Gasteiger partial charge in [-0.15, -0.1) is 0 Å². The zero-order valence-corrected chi connectivity index (χ0v) is 16.4. The topological polar surface area (TPSA) is 47.6 Å². The molecule has 3 aromatic carbocycles. The van der Waals surface area contributed by atoms with Crippen LogP contribution in [0.25, 0.3) is 0 Å². The molecule has 5 heteroatoms. The molecule has 0 aromatic heterocycles. The Morgan fingerprint density at radius 3 is 2.04 bits per heavy atom. The third-order valence-electron chi connectivity index (χ3n) is 4.09. The summed E-state index contributed by atoms with van der Waals surface area (Å²) in [4.78, 5) is 12.3. The van der Waals surface area contributed by atoms with E-state index in [0.29, 0.717) is 35.2 Å². The number of rotatable bonds is 8. The number of halogens is 1. The van der Waals surface area contributed by atoms with Gasteiger partial charge in [-0.05, 0) is 55.5 Å². The summed E-state index contributed by atoms with van der Waals surface area (Å²) in [5.41, 5.74) is 2.33. The monoisotopic (exact) mass is 395 g/mol. The van der Waals surface area contributed by atoms with Crippen molar-refractivity contribution in [3.63, 3.8) is 0 Å². The summed E-state index contributed by atoms with van der Waals surface area (Å²) in [6.45, 7) is 3.17. The van der Waals surface area contributed by atoms with Crippen molar-refractivity contribution in [2.45, 2.75) is 13.3 Å². The van der Waals surface area contributed by atoms with Crippen LogP contribution in [-0.4, -0.2) is 19.1 Å². The highest BCUT2D eigenvalue weighted by atomic mass is 35.5. The SMILES string of the molecule is Cc1ccc(OCCCOc2ccc(C(=O)Nc3ccccc3Cl)cc2)cc1. The third-order valence-corrected chi connectivity index (χ3v) is 4.42. The van der Waals surface area contributed by atoms with Gasteiger partial charge in [0.05, 0.1) is 23.9 Å². The fourth-order valence-electron chi connectivity index (χ4n) is 2.53. The van der Waals surface area contributed by atoms with Gasteiger partial charge in [-0.1, -0.05) is 41.4 Å². The van der Waals surface area contributed by atoms with Gasteiger partial charge in [0, 0.05) is 12.0 Å². The predicted molar refractivity (Wildman–Crippen MR) is 113 cm³/mol. The lowest BCUT2D eigenvalue weighted by Gasteiger charge is -2.09. The molecule has 1 amide bonds. The minimum Gasteiger partial charge on any atom is -0.493 e. The smallest absolute Gasteiger partial charge is 0.255 e. The van der Waals surface area contributed by atoms with Crippen molar-refractivity contribution in [1.82, 2.24) is 0 Å². The Morgan fingerprint density at radius 2 is 1.43 bits per heavy atom. The van der Waals surface area contributed by atoms with Crippen LogP contribution in [0.4, 0.5) is 5.69 Å². The Kier molecular flexibility index (Phi) is 6.93. The highest BCUT2D eigenvalue weighted by Crippen LogP contribution is 2.21. The molecule has 0 saturated heterocycles. The van der Waals surface area contributed by atoms with Gasteiger partial charge in [0.2, 0.25) is 0 Å². The van der Waals surface area contributed by atoms with E-state index in [0.717, 1.165) is 12.2 Å². The van der Waals surface area contributed by atoms with Crippen LogP contribution in [0.3, 0.4) is 0 Å². The summed E-state index contributed by atoms with van der Waals surface area (Å²) in [7, 11) is 0. The fourth-order valence-corrected chi connectivity index (χ4v) is 2.72. The molecule has 0 aliphatic heterocycles. The van der Waals surface area contributed by atoms with Crippen LogP contribution in [0.2, 0.25) is 5.02 Å². The van der Waals surface area contributed by atoms with Gasteiger partial charge in [-0.2, -0.15) is 0 Å². The van der Waals surface area contributed by atoms with Gasteiger partial charge in [-0.3, -0.25) is 4.79 Å². The number of benzene rings is 3. The first-order chi connectivity index (χ1) is 13.6. The lowest BCUT2D eigenvalue weighted by molar-refractivity contribution is 0.102. The van der Waals surface area contributed by atoms with Gasteiger partial charge in [0.25, 0.3) is 5.91 Å². The van der Waals surface area contributed by atoms with Gasteiger partial charge in [-0.25, -0.2) is 0 Å². The van der Waals surface area contributed by atoms with Crippen LogP contribution in [0.5, 0.6) is 11.5 Å². The van der Waals surface area contributed by atoms with Crippen molar-refractivity contribution >= 4 is 23.2 Å². The zero-order valence-electron chi connectivity index (χ0n) is 15.7. The largest absolute Gasteiger partial charge is 0.493 e. The number of anilines is 1. The maximum Gasteiger partial charge on any atom is 0.255 e. The van der Waals surface area contributed by atoms with Gasteiger partial charge < -0.3 is 14.8 Å². The Morgan fingerprint density at radius 1 is 0.857 bits per heavy atom. The molecule has 3 rings (SSSR count). The Labute approximate surface area is 170 Å². The number of para-hydroxylation sites is 1. The average molecular weight is 396 g/mol. The summed E-state index contributed by atoms with van der Waals surface area (Å²) in [5.74, 6) is 1.36. The van der Waals surface area contributed by atoms with E-state index in [2.05, 4.69) is 5.32 Å². The van der Waals surface area contributed by atoms with Gasteiger partial charge in [0.15, 0.2) is 0 Å². The molecule has 0 spiro atoms. The fraction of sp³-hybridized carbons (Fsp3) is 0.174. The lowest BCUT2D eigenvalue weighted by Crippen LogP contribution is -2.12. The molecule has 0 atom stereocenters. The molecule has 1 N–H and O–H groups in total. The first kappa shape index (κ1) is 19.8. The molecule has 0 radical (unpaired) electrons. The first-order valence-electron chi connectivity index (χ1n) is 9.10. The van der Waals surface area contributed by atoms with Crippen LogP contribution in [-0.2, 0) is 0 Å². The molecule has 0 aliphatic carbocycles. The lowest BCUT2D eigenvalue weighted by atomic mass is 10.2. The Bertz CT molecular complexity index is 908. The van der Waals surface area contributed by atoms with Gasteiger partial charge >= 0.3 is 0 Å². The van der Waals surface area contributed by atoms with Crippen molar-refractivity contribution in [3.05, 3.63) is 88.9 Å². The van der Waals surface area contributed by atoms with E-state index in [9.17, 15) is 4.79 Å². The van der Waals surface area contributed by atoms with Crippen molar-refractivity contribution in [1.29, 1.82) is 0 Å².